The number of ether oxygens (including phenoxy) is 2. The van der Waals surface area contributed by atoms with Gasteiger partial charge in [-0.25, -0.2) is 0 Å². The minimum absolute atomic E-state index is 0.1000. The van der Waals surface area contributed by atoms with E-state index < -0.39 is 5.60 Å². The first kappa shape index (κ1) is 14.4. The van der Waals surface area contributed by atoms with Crippen molar-refractivity contribution in [2.45, 2.75) is 58.7 Å². The van der Waals surface area contributed by atoms with Crippen LogP contribution < -0.4 is 0 Å². The van der Waals surface area contributed by atoms with Crippen LogP contribution in [0.25, 0.3) is 0 Å². The van der Waals surface area contributed by atoms with E-state index in [1.54, 1.807) is 0 Å². The number of hydrogen-bond acceptors (Lipinski definition) is 4. The minimum Gasteiger partial charge on any atom is -0.458 e. The quantitative estimate of drug-likeness (QED) is 0.568. The molecule has 0 amide bonds. The molecule has 0 radical (unpaired) electrons. The Kier molecular flexibility index (Phi) is 3.88. The van der Waals surface area contributed by atoms with Crippen molar-refractivity contribution in [1.82, 2.24) is 0 Å². The second-order valence-electron chi connectivity index (χ2n) is 6.38. The third-order valence-corrected chi connectivity index (χ3v) is 5.21. The maximum atomic E-state index is 12.0. The lowest BCUT2D eigenvalue weighted by molar-refractivity contribution is -0.189. The van der Waals surface area contributed by atoms with Crippen LogP contribution in [0.5, 0.6) is 0 Å². The molecule has 4 heteroatoms. The summed E-state index contributed by atoms with van der Waals surface area (Å²) in [4.78, 5) is 22.8. The highest BCUT2D eigenvalue weighted by atomic mass is 16.6. The molecule has 4 nitrogen and oxygen atoms in total. The Morgan fingerprint density at radius 2 is 2.16 bits per heavy atom. The number of esters is 1. The van der Waals surface area contributed by atoms with Crippen molar-refractivity contribution in [2.24, 2.45) is 23.7 Å². The average molecular weight is 268 g/mol. The Balaban J connectivity index is 2.15. The molecule has 0 aliphatic heterocycles. The Labute approximate surface area is 114 Å². The molecule has 0 N–H and O–H groups in total. The largest absolute Gasteiger partial charge is 0.458 e. The molecule has 0 heterocycles. The number of carbonyl (C=O) groups is 2. The Morgan fingerprint density at radius 1 is 1.47 bits per heavy atom. The molecule has 108 valence electrons. The summed E-state index contributed by atoms with van der Waals surface area (Å²) in [7, 11) is 0. The molecule has 6 atom stereocenters. The standard InChI is InChI=1S/C15H24O4/c1-5-9(2)14(17)19-13-11-6-10(3)12(7-11)15(13,4)18-8-16/h8-13H,5-7H2,1-4H3. The average Bonchev–Trinajstić information content (AvgIpc) is 2.86. The van der Waals surface area contributed by atoms with Gasteiger partial charge in [-0.2, -0.15) is 0 Å². The van der Waals surface area contributed by atoms with Crippen molar-refractivity contribution in [3.05, 3.63) is 0 Å². The van der Waals surface area contributed by atoms with E-state index in [9.17, 15) is 9.59 Å². The van der Waals surface area contributed by atoms with E-state index in [1.807, 2.05) is 20.8 Å². The van der Waals surface area contributed by atoms with Crippen LogP contribution in [0, 0.1) is 23.7 Å². The highest BCUT2D eigenvalue weighted by Gasteiger charge is 2.62. The van der Waals surface area contributed by atoms with Gasteiger partial charge in [-0.1, -0.05) is 20.8 Å². The van der Waals surface area contributed by atoms with Gasteiger partial charge < -0.3 is 9.47 Å². The second-order valence-corrected chi connectivity index (χ2v) is 6.38. The third-order valence-electron chi connectivity index (χ3n) is 5.21. The first-order chi connectivity index (χ1) is 8.93. The van der Waals surface area contributed by atoms with Crippen LogP contribution in [0.4, 0.5) is 0 Å². The van der Waals surface area contributed by atoms with Crippen LogP contribution in [-0.2, 0) is 19.1 Å². The zero-order valence-electron chi connectivity index (χ0n) is 12.2. The summed E-state index contributed by atoms with van der Waals surface area (Å²) in [6.45, 7) is 8.43. The summed E-state index contributed by atoms with van der Waals surface area (Å²) in [6.07, 6.45) is 2.53. The topological polar surface area (TPSA) is 52.6 Å². The maximum absolute atomic E-state index is 12.0. The fourth-order valence-electron chi connectivity index (χ4n) is 3.90. The summed E-state index contributed by atoms with van der Waals surface area (Å²) in [5.41, 5.74) is -0.646. The van der Waals surface area contributed by atoms with E-state index in [0.717, 1.165) is 19.3 Å². The molecule has 2 aliphatic rings. The smallest absolute Gasteiger partial charge is 0.309 e. The molecular weight excluding hydrogens is 244 g/mol. The van der Waals surface area contributed by atoms with E-state index >= 15 is 0 Å². The normalized spacial score (nSPS) is 41.9. The minimum atomic E-state index is -0.646. The van der Waals surface area contributed by atoms with E-state index in [0.29, 0.717) is 24.2 Å². The molecule has 2 rings (SSSR count). The second kappa shape index (κ2) is 5.14. The van der Waals surface area contributed by atoms with E-state index in [4.69, 9.17) is 9.47 Å². The fourth-order valence-corrected chi connectivity index (χ4v) is 3.90. The van der Waals surface area contributed by atoms with Gasteiger partial charge in [0, 0.05) is 11.8 Å². The molecule has 19 heavy (non-hydrogen) atoms. The van der Waals surface area contributed by atoms with Gasteiger partial charge in [0.2, 0.25) is 0 Å². The third kappa shape index (κ3) is 2.26. The Morgan fingerprint density at radius 3 is 2.74 bits per heavy atom. The molecule has 0 saturated heterocycles. The lowest BCUT2D eigenvalue weighted by Crippen LogP contribution is -2.51. The van der Waals surface area contributed by atoms with Crippen molar-refractivity contribution in [2.75, 3.05) is 0 Å². The molecule has 2 bridgehead atoms. The molecule has 2 aliphatic carbocycles. The predicted molar refractivity (Wildman–Crippen MR) is 70.3 cm³/mol. The van der Waals surface area contributed by atoms with Gasteiger partial charge in [0.05, 0.1) is 5.92 Å². The van der Waals surface area contributed by atoms with Crippen LogP contribution in [0.1, 0.15) is 47.0 Å². The van der Waals surface area contributed by atoms with Gasteiger partial charge in [-0.3, -0.25) is 9.59 Å². The Hall–Kier alpha value is -1.06. The number of rotatable bonds is 5. The van der Waals surface area contributed by atoms with Gasteiger partial charge in [0.15, 0.2) is 0 Å². The first-order valence-corrected chi connectivity index (χ1v) is 7.26. The lowest BCUT2D eigenvalue weighted by Gasteiger charge is -2.41. The summed E-state index contributed by atoms with van der Waals surface area (Å²) in [5.74, 6) is 0.884. The zero-order valence-corrected chi connectivity index (χ0v) is 12.2. The molecule has 0 spiro atoms. The maximum Gasteiger partial charge on any atom is 0.309 e. The highest BCUT2D eigenvalue weighted by Crippen LogP contribution is 2.56. The van der Waals surface area contributed by atoms with Crippen LogP contribution in [0.15, 0.2) is 0 Å². The Bertz CT molecular complexity index is 367. The van der Waals surface area contributed by atoms with Gasteiger partial charge in [-0.05, 0) is 32.1 Å². The number of carbonyl (C=O) groups excluding carboxylic acids is 2. The van der Waals surface area contributed by atoms with E-state index in [1.165, 1.54) is 0 Å². The van der Waals surface area contributed by atoms with E-state index in [2.05, 4.69) is 6.92 Å². The monoisotopic (exact) mass is 268 g/mol. The van der Waals surface area contributed by atoms with Crippen molar-refractivity contribution >= 4 is 12.4 Å². The molecular formula is C15H24O4. The molecule has 0 aromatic rings. The summed E-state index contributed by atoms with van der Waals surface area (Å²) in [5, 5.41) is 0. The number of hydrogen-bond donors (Lipinski definition) is 0. The summed E-state index contributed by atoms with van der Waals surface area (Å²) >= 11 is 0. The molecule has 0 aromatic carbocycles. The predicted octanol–water partition coefficient (Wildman–Crippen LogP) is 2.55. The van der Waals surface area contributed by atoms with Crippen LogP contribution in [-0.4, -0.2) is 24.1 Å². The van der Waals surface area contributed by atoms with Gasteiger partial charge in [0.1, 0.15) is 11.7 Å². The lowest BCUT2D eigenvalue weighted by atomic mass is 9.77. The number of fused-ring (bicyclic) bond motifs is 2. The van der Waals surface area contributed by atoms with Crippen LogP contribution in [0.2, 0.25) is 0 Å². The zero-order chi connectivity index (χ0) is 14.2. The van der Waals surface area contributed by atoms with E-state index in [-0.39, 0.29) is 18.0 Å². The summed E-state index contributed by atoms with van der Waals surface area (Å²) in [6, 6.07) is 0. The van der Waals surface area contributed by atoms with Gasteiger partial charge >= 0.3 is 5.97 Å². The summed E-state index contributed by atoms with van der Waals surface area (Å²) < 4.78 is 11.1. The molecule has 2 fully saturated rings. The SMILES string of the molecule is CCC(C)C(=O)OC1C2CC(C)C(C2)C1(C)OC=O. The van der Waals surface area contributed by atoms with Crippen molar-refractivity contribution < 1.29 is 19.1 Å². The van der Waals surface area contributed by atoms with Crippen molar-refractivity contribution in [1.29, 1.82) is 0 Å². The van der Waals surface area contributed by atoms with Crippen molar-refractivity contribution in [3.8, 4) is 0 Å². The molecule has 2 saturated carbocycles. The fraction of sp³-hybridized carbons (Fsp3) is 0.867. The van der Waals surface area contributed by atoms with Crippen molar-refractivity contribution in [3.63, 3.8) is 0 Å². The molecule has 0 aromatic heterocycles. The highest BCUT2D eigenvalue weighted by molar-refractivity contribution is 5.72. The van der Waals surface area contributed by atoms with Gasteiger partial charge in [-0.15, -0.1) is 0 Å². The van der Waals surface area contributed by atoms with Crippen LogP contribution in [0.3, 0.4) is 0 Å². The van der Waals surface area contributed by atoms with Crippen LogP contribution >= 0.6 is 0 Å². The molecule has 6 unspecified atom stereocenters. The first-order valence-electron chi connectivity index (χ1n) is 7.26. The van der Waals surface area contributed by atoms with Gasteiger partial charge in [0.25, 0.3) is 6.47 Å².